The number of likely N-dealkylation sites (N-methyl/N-ethyl adjacent to an activating group) is 1. The summed E-state index contributed by atoms with van der Waals surface area (Å²) in [5, 5.41) is 3.06. The van der Waals surface area contributed by atoms with E-state index in [1.165, 1.54) is 16.7 Å². The molecule has 2 saturated heterocycles. The first-order chi connectivity index (χ1) is 16.8. The van der Waals surface area contributed by atoms with E-state index in [0.717, 1.165) is 16.9 Å². The van der Waals surface area contributed by atoms with Crippen molar-refractivity contribution >= 4 is 46.7 Å². The molecule has 3 aliphatic heterocycles. The van der Waals surface area contributed by atoms with E-state index < -0.39 is 18.2 Å². The van der Waals surface area contributed by atoms with E-state index in [4.69, 9.17) is 15.1 Å². The van der Waals surface area contributed by atoms with Gasteiger partial charge >= 0.3 is 6.03 Å². The second kappa shape index (κ2) is 9.40. The molecule has 1 aromatic carbocycles. The van der Waals surface area contributed by atoms with E-state index in [1.54, 1.807) is 7.05 Å². The third-order valence-electron chi connectivity index (χ3n) is 6.79. The van der Waals surface area contributed by atoms with Crippen LogP contribution in [-0.4, -0.2) is 88.1 Å². The number of carbonyl (C=O) groups is 3. The Hall–Kier alpha value is -3.28. The lowest BCUT2D eigenvalue weighted by atomic mass is 9.96. The molecule has 0 saturated carbocycles. The third-order valence-corrected chi connectivity index (χ3v) is 7.95. The first-order valence-electron chi connectivity index (χ1n) is 11.8. The van der Waals surface area contributed by atoms with Crippen LogP contribution < -0.4 is 11.1 Å². The van der Waals surface area contributed by atoms with Gasteiger partial charge in [-0.3, -0.25) is 14.9 Å². The number of piperidine rings is 1. The Bertz CT molecular complexity index is 1140. The fourth-order valence-electron chi connectivity index (χ4n) is 4.85. The van der Waals surface area contributed by atoms with Crippen LogP contribution in [0, 0.1) is 11.8 Å². The molecule has 4 amide bonds. The summed E-state index contributed by atoms with van der Waals surface area (Å²) in [7, 11) is 1.65. The van der Waals surface area contributed by atoms with Crippen molar-refractivity contribution in [3.05, 3.63) is 24.3 Å². The number of fused-ring (bicyclic) bond motifs is 2. The van der Waals surface area contributed by atoms with Gasteiger partial charge in [0.1, 0.15) is 5.52 Å². The maximum absolute atomic E-state index is 12.9. The lowest BCUT2D eigenvalue weighted by Crippen LogP contribution is -2.64. The largest absolute Gasteiger partial charge is 0.431 e. The number of oxazole rings is 1. The molecule has 1 aromatic heterocycles. The first kappa shape index (κ1) is 23.5. The summed E-state index contributed by atoms with van der Waals surface area (Å²) in [5.41, 5.74) is 7.08. The average molecular weight is 500 g/mol. The normalized spacial score (nSPS) is 23.9. The van der Waals surface area contributed by atoms with Crippen molar-refractivity contribution in [2.45, 2.75) is 37.2 Å². The molecule has 0 aliphatic carbocycles. The highest BCUT2D eigenvalue weighted by atomic mass is 32.2. The van der Waals surface area contributed by atoms with E-state index in [1.807, 2.05) is 29.2 Å². The van der Waals surface area contributed by atoms with Gasteiger partial charge in [-0.25, -0.2) is 14.8 Å². The highest BCUT2D eigenvalue weighted by Crippen LogP contribution is 2.30. The molecule has 5 rings (SSSR count). The zero-order chi connectivity index (χ0) is 24.7. The van der Waals surface area contributed by atoms with E-state index in [9.17, 15) is 14.4 Å². The van der Waals surface area contributed by atoms with Crippen LogP contribution in [0.4, 0.5) is 4.79 Å². The maximum atomic E-state index is 12.9. The fourth-order valence-corrected chi connectivity index (χ4v) is 5.69. The molecule has 3 N–H and O–H groups in total. The number of amides is 4. The van der Waals surface area contributed by atoms with Gasteiger partial charge in [0.05, 0.1) is 0 Å². The molecule has 2 aromatic rings. The number of nitrogens with zero attached hydrogens (tertiary/aromatic N) is 5. The molecular weight excluding hydrogens is 470 g/mol. The van der Waals surface area contributed by atoms with Gasteiger partial charge in [0.2, 0.25) is 5.91 Å². The Labute approximate surface area is 207 Å². The molecule has 3 unspecified atom stereocenters. The second-order valence-corrected chi connectivity index (χ2v) is 10.3. The number of likely N-dealkylation sites (tertiary alicyclic amines) is 1. The van der Waals surface area contributed by atoms with Crippen LogP contribution in [0.5, 0.6) is 0 Å². The Morgan fingerprint density at radius 2 is 2.03 bits per heavy atom. The predicted octanol–water partition coefficient (Wildman–Crippen LogP) is 1.30. The van der Waals surface area contributed by atoms with Crippen LogP contribution in [0.3, 0.4) is 0 Å². The van der Waals surface area contributed by atoms with Crippen LogP contribution in [0.2, 0.25) is 0 Å². The molecule has 2 fully saturated rings. The molecule has 0 bridgehead atoms. The zero-order valence-corrected chi connectivity index (χ0v) is 20.5. The van der Waals surface area contributed by atoms with Gasteiger partial charge in [-0.15, -0.1) is 0 Å². The van der Waals surface area contributed by atoms with Crippen molar-refractivity contribution in [1.29, 1.82) is 0 Å². The summed E-state index contributed by atoms with van der Waals surface area (Å²) in [6.45, 7) is 3.91. The summed E-state index contributed by atoms with van der Waals surface area (Å²) >= 11 is 1.53. The second-order valence-electron chi connectivity index (χ2n) is 9.37. The quantitative estimate of drug-likeness (QED) is 0.568. The number of primary amides is 1. The van der Waals surface area contributed by atoms with Crippen molar-refractivity contribution in [1.82, 2.24) is 25.0 Å². The van der Waals surface area contributed by atoms with E-state index in [0.29, 0.717) is 43.7 Å². The highest BCUT2D eigenvalue weighted by Gasteiger charge is 2.50. The van der Waals surface area contributed by atoms with Crippen molar-refractivity contribution in [3.63, 3.8) is 0 Å². The summed E-state index contributed by atoms with van der Waals surface area (Å²) in [6, 6.07) is 6.60. The standard InChI is InChI=1S/C23H29N7O4S/c1-13(12-35-23-25-15-5-3-4-6-16(15)34-23)11-30-17-19(28(2)22(33)27-20(17)32)26-21(30)29-9-7-14(8-10-29)18(24)31/h3-6,13-14,17,19H,7-12H2,1-2H3,(H2,24,31)(H,27,32,33). The first-order valence-corrected chi connectivity index (χ1v) is 12.7. The fraction of sp³-hybridized carbons (Fsp3) is 0.522. The highest BCUT2D eigenvalue weighted by molar-refractivity contribution is 7.99. The number of aliphatic imine (C=N–C) groups is 1. The summed E-state index contributed by atoms with van der Waals surface area (Å²) in [4.78, 5) is 51.7. The number of guanidine groups is 1. The van der Waals surface area contributed by atoms with Crippen molar-refractivity contribution < 1.29 is 18.8 Å². The topological polar surface area (TPSA) is 137 Å². The van der Waals surface area contributed by atoms with E-state index in [-0.39, 0.29) is 23.7 Å². The van der Waals surface area contributed by atoms with Gasteiger partial charge in [0, 0.05) is 38.4 Å². The Balaban J connectivity index is 1.31. The molecule has 0 radical (unpaired) electrons. The minimum absolute atomic E-state index is 0.150. The van der Waals surface area contributed by atoms with E-state index >= 15 is 0 Å². The molecule has 186 valence electrons. The third kappa shape index (κ3) is 4.54. The van der Waals surface area contributed by atoms with Crippen molar-refractivity contribution in [2.75, 3.05) is 32.4 Å². The number of imide groups is 1. The summed E-state index contributed by atoms with van der Waals surface area (Å²) < 4.78 is 5.82. The number of nitrogens with one attached hydrogen (secondary N) is 1. The number of hydrogen-bond acceptors (Lipinski definition) is 9. The molecule has 35 heavy (non-hydrogen) atoms. The Morgan fingerprint density at radius 1 is 1.29 bits per heavy atom. The number of aromatic nitrogens is 1. The van der Waals surface area contributed by atoms with Gasteiger partial charge in [-0.1, -0.05) is 30.8 Å². The average Bonchev–Trinajstić information content (AvgIpc) is 3.43. The maximum Gasteiger partial charge on any atom is 0.325 e. The van der Waals surface area contributed by atoms with Crippen LogP contribution in [0.15, 0.2) is 38.9 Å². The lowest BCUT2D eigenvalue weighted by Gasteiger charge is -2.40. The van der Waals surface area contributed by atoms with Gasteiger partial charge in [-0.05, 0) is 30.9 Å². The van der Waals surface area contributed by atoms with Gasteiger partial charge in [0.25, 0.3) is 11.1 Å². The van der Waals surface area contributed by atoms with Crippen LogP contribution in [0.1, 0.15) is 19.8 Å². The molecular formula is C23H29N7O4S. The van der Waals surface area contributed by atoms with E-state index in [2.05, 4.69) is 22.1 Å². The number of carbonyl (C=O) groups excluding carboxylic acids is 3. The molecule has 0 spiro atoms. The van der Waals surface area contributed by atoms with Gasteiger partial charge in [-0.2, -0.15) is 0 Å². The summed E-state index contributed by atoms with van der Waals surface area (Å²) in [6.07, 6.45) is 0.695. The Morgan fingerprint density at radius 3 is 2.74 bits per heavy atom. The number of para-hydroxylation sites is 2. The zero-order valence-electron chi connectivity index (χ0n) is 19.7. The minimum atomic E-state index is -0.599. The molecule has 4 heterocycles. The van der Waals surface area contributed by atoms with Crippen molar-refractivity contribution in [2.24, 2.45) is 22.6 Å². The monoisotopic (exact) mass is 499 g/mol. The van der Waals surface area contributed by atoms with Gasteiger partial charge < -0.3 is 24.9 Å². The molecule has 12 heteroatoms. The number of rotatable bonds is 6. The lowest BCUT2D eigenvalue weighted by molar-refractivity contribution is -0.127. The number of urea groups is 1. The smallest absolute Gasteiger partial charge is 0.325 e. The molecule has 11 nitrogen and oxygen atoms in total. The van der Waals surface area contributed by atoms with Crippen LogP contribution in [0.25, 0.3) is 11.1 Å². The number of benzene rings is 1. The molecule has 3 aliphatic rings. The molecule has 3 atom stereocenters. The van der Waals surface area contributed by atoms with Crippen LogP contribution in [-0.2, 0) is 9.59 Å². The number of thioether (sulfide) groups is 1. The predicted molar refractivity (Wildman–Crippen MR) is 130 cm³/mol. The van der Waals surface area contributed by atoms with Crippen LogP contribution >= 0.6 is 11.8 Å². The SMILES string of the molecule is CC(CSc1nc2ccccc2o1)CN1C(N2CCC(C(N)=O)CC2)=NC2C1C(=O)NC(=O)N2C. The van der Waals surface area contributed by atoms with Crippen molar-refractivity contribution in [3.8, 4) is 0 Å². The number of hydrogen-bond donors (Lipinski definition) is 2. The Kier molecular flexibility index (Phi) is 6.30. The van der Waals surface area contributed by atoms with Gasteiger partial charge in [0.15, 0.2) is 23.8 Å². The number of nitrogens with two attached hydrogens (primary N) is 1. The summed E-state index contributed by atoms with van der Waals surface area (Å²) in [5.74, 6) is 0.814. The minimum Gasteiger partial charge on any atom is -0.431 e.